The Morgan fingerprint density at radius 3 is 2.88 bits per heavy atom. The minimum atomic E-state index is -0.392. The zero-order valence-electron chi connectivity index (χ0n) is 10.1. The number of rotatable bonds is 3. The summed E-state index contributed by atoms with van der Waals surface area (Å²) in [5, 5.41) is 2.00. The molecule has 1 atom stereocenters. The first-order valence-corrected chi connectivity index (χ1v) is 6.41. The van der Waals surface area contributed by atoms with E-state index < -0.39 is 5.66 Å². The van der Waals surface area contributed by atoms with Gasteiger partial charge >= 0.3 is 0 Å². The second-order valence-electron chi connectivity index (χ2n) is 5.09. The van der Waals surface area contributed by atoms with Crippen LogP contribution in [0.5, 0.6) is 0 Å². The Morgan fingerprint density at radius 2 is 2.12 bits per heavy atom. The Kier molecular flexibility index (Phi) is 2.78. The largest absolute Gasteiger partial charge is 0.309 e. The molecule has 3 rings (SSSR count). The molecule has 0 aromatic heterocycles. The molecule has 92 valence electrons. The number of allylic oxidation sites excluding steroid dienone is 3. The van der Waals surface area contributed by atoms with E-state index in [1.54, 1.807) is 0 Å². The molecule has 3 aliphatic heterocycles. The van der Waals surface area contributed by atoms with Crippen LogP contribution in [0, 0.1) is 0 Å². The van der Waals surface area contributed by atoms with Crippen molar-refractivity contribution < 1.29 is 0 Å². The molecule has 3 aliphatic rings. The van der Waals surface area contributed by atoms with E-state index in [4.69, 9.17) is 5.73 Å². The average molecular weight is 232 g/mol. The van der Waals surface area contributed by atoms with Gasteiger partial charge in [0.25, 0.3) is 0 Å². The molecule has 4 heteroatoms. The highest BCUT2D eigenvalue weighted by Gasteiger charge is 2.32. The lowest BCUT2D eigenvalue weighted by Crippen LogP contribution is -2.54. The van der Waals surface area contributed by atoms with E-state index in [1.807, 2.05) is 23.4 Å². The summed E-state index contributed by atoms with van der Waals surface area (Å²) in [6.45, 7) is 3.54. The maximum absolute atomic E-state index is 6.37. The van der Waals surface area contributed by atoms with E-state index in [0.29, 0.717) is 0 Å². The summed E-state index contributed by atoms with van der Waals surface area (Å²) >= 11 is 0. The van der Waals surface area contributed by atoms with Crippen LogP contribution in [-0.4, -0.2) is 35.2 Å². The molecule has 1 fully saturated rings. The Hall–Kier alpha value is -1.10. The molecule has 0 bridgehead atoms. The van der Waals surface area contributed by atoms with E-state index in [9.17, 15) is 0 Å². The standard InChI is InChI=1S/C13H20N4/c14-13(6-10-16-7-3-4-8-16)11-12-5-1-2-9-17(12)15-13/h1-2,5,9,11,15H,3-4,6-8,10,14H2. The number of hydrogen-bond donors (Lipinski definition) is 2. The molecule has 0 radical (unpaired) electrons. The number of likely N-dealkylation sites (tertiary alicyclic amines) is 1. The molecular weight excluding hydrogens is 212 g/mol. The third-order valence-electron chi connectivity index (χ3n) is 3.67. The van der Waals surface area contributed by atoms with Crippen LogP contribution < -0.4 is 11.2 Å². The molecular formula is C13H20N4. The molecule has 3 N–H and O–H groups in total. The van der Waals surface area contributed by atoms with Crippen LogP contribution in [-0.2, 0) is 0 Å². The van der Waals surface area contributed by atoms with Crippen molar-refractivity contribution in [3.8, 4) is 0 Å². The van der Waals surface area contributed by atoms with Gasteiger partial charge in [0.1, 0.15) is 5.66 Å². The van der Waals surface area contributed by atoms with Gasteiger partial charge in [-0.05, 0) is 50.6 Å². The van der Waals surface area contributed by atoms with Crippen LogP contribution in [0.1, 0.15) is 19.3 Å². The van der Waals surface area contributed by atoms with E-state index >= 15 is 0 Å². The third kappa shape index (κ3) is 2.29. The maximum atomic E-state index is 6.37. The normalized spacial score (nSPS) is 32.1. The molecule has 3 heterocycles. The average Bonchev–Trinajstić information content (AvgIpc) is 2.92. The summed E-state index contributed by atoms with van der Waals surface area (Å²) in [7, 11) is 0. The fraction of sp³-hybridized carbons (Fsp3) is 0.538. The van der Waals surface area contributed by atoms with Crippen LogP contribution in [0.2, 0.25) is 0 Å². The lowest BCUT2D eigenvalue weighted by molar-refractivity contribution is 0.228. The van der Waals surface area contributed by atoms with Crippen molar-refractivity contribution in [2.24, 2.45) is 5.73 Å². The molecule has 0 amide bonds. The Labute approximate surface area is 102 Å². The number of nitrogens with two attached hydrogens (primary N) is 1. The first kappa shape index (κ1) is 11.0. The van der Waals surface area contributed by atoms with Crippen molar-refractivity contribution in [1.82, 2.24) is 15.3 Å². The van der Waals surface area contributed by atoms with E-state index in [-0.39, 0.29) is 0 Å². The molecule has 1 unspecified atom stereocenters. The molecule has 0 aromatic carbocycles. The quantitative estimate of drug-likeness (QED) is 0.759. The Morgan fingerprint density at radius 1 is 1.29 bits per heavy atom. The van der Waals surface area contributed by atoms with Crippen molar-refractivity contribution in [2.75, 3.05) is 19.6 Å². The van der Waals surface area contributed by atoms with Crippen LogP contribution in [0.15, 0.2) is 36.2 Å². The summed E-state index contributed by atoms with van der Waals surface area (Å²) in [5.74, 6) is 0. The van der Waals surface area contributed by atoms with Gasteiger partial charge in [0, 0.05) is 12.7 Å². The number of nitrogens with one attached hydrogen (secondary N) is 1. The fourth-order valence-electron chi connectivity index (χ4n) is 2.67. The minimum absolute atomic E-state index is 0.392. The van der Waals surface area contributed by atoms with Crippen molar-refractivity contribution in [3.05, 3.63) is 36.2 Å². The first-order valence-electron chi connectivity index (χ1n) is 6.41. The molecule has 0 aliphatic carbocycles. The predicted octanol–water partition coefficient (Wildman–Crippen LogP) is 0.915. The van der Waals surface area contributed by atoms with Crippen LogP contribution in [0.3, 0.4) is 0 Å². The second kappa shape index (κ2) is 4.29. The van der Waals surface area contributed by atoms with Crippen LogP contribution in [0.25, 0.3) is 0 Å². The number of nitrogens with zero attached hydrogens (tertiary/aromatic N) is 2. The van der Waals surface area contributed by atoms with Crippen molar-refractivity contribution in [2.45, 2.75) is 24.9 Å². The highest BCUT2D eigenvalue weighted by molar-refractivity contribution is 5.33. The first-order chi connectivity index (χ1) is 8.25. The van der Waals surface area contributed by atoms with E-state index in [0.717, 1.165) is 18.7 Å². The van der Waals surface area contributed by atoms with Gasteiger partial charge in [0.15, 0.2) is 0 Å². The lowest BCUT2D eigenvalue weighted by Gasteiger charge is -2.28. The molecule has 0 saturated carbocycles. The number of fused-ring (bicyclic) bond motifs is 1. The van der Waals surface area contributed by atoms with Crippen LogP contribution in [0.4, 0.5) is 0 Å². The molecule has 0 aromatic rings. The summed E-state index contributed by atoms with van der Waals surface area (Å²) in [6, 6.07) is 0. The van der Waals surface area contributed by atoms with Gasteiger partial charge in [-0.15, -0.1) is 0 Å². The summed E-state index contributed by atoms with van der Waals surface area (Å²) in [5.41, 5.74) is 10.5. The molecule has 0 spiro atoms. The van der Waals surface area contributed by atoms with Gasteiger partial charge in [-0.1, -0.05) is 6.08 Å². The minimum Gasteiger partial charge on any atom is -0.309 e. The second-order valence-corrected chi connectivity index (χ2v) is 5.09. The summed E-state index contributed by atoms with van der Waals surface area (Å²) in [6.07, 6.45) is 13.9. The highest BCUT2D eigenvalue weighted by atomic mass is 15.6. The SMILES string of the molecule is NC1(CCN2CCCC2)C=C2C=CC=CN2N1. The van der Waals surface area contributed by atoms with Gasteiger partial charge in [-0.3, -0.25) is 5.01 Å². The van der Waals surface area contributed by atoms with E-state index in [1.165, 1.54) is 25.9 Å². The van der Waals surface area contributed by atoms with Gasteiger partial charge in [0.05, 0.1) is 5.70 Å². The van der Waals surface area contributed by atoms with Gasteiger partial charge < -0.3 is 10.6 Å². The molecule has 4 nitrogen and oxygen atoms in total. The predicted molar refractivity (Wildman–Crippen MR) is 68.5 cm³/mol. The summed E-state index contributed by atoms with van der Waals surface area (Å²) in [4.78, 5) is 2.50. The molecule has 1 saturated heterocycles. The maximum Gasteiger partial charge on any atom is 0.107 e. The van der Waals surface area contributed by atoms with Crippen molar-refractivity contribution >= 4 is 0 Å². The zero-order chi connectivity index (χ0) is 11.7. The summed E-state index contributed by atoms with van der Waals surface area (Å²) < 4.78 is 0. The van der Waals surface area contributed by atoms with Crippen LogP contribution >= 0.6 is 0 Å². The zero-order valence-corrected chi connectivity index (χ0v) is 10.1. The molecule has 17 heavy (non-hydrogen) atoms. The van der Waals surface area contributed by atoms with Crippen molar-refractivity contribution in [1.29, 1.82) is 0 Å². The van der Waals surface area contributed by atoms with Gasteiger partial charge in [-0.2, -0.15) is 0 Å². The number of hydrogen-bond acceptors (Lipinski definition) is 4. The topological polar surface area (TPSA) is 44.5 Å². The van der Waals surface area contributed by atoms with Gasteiger partial charge in [0.2, 0.25) is 0 Å². The number of hydrazine groups is 1. The smallest absolute Gasteiger partial charge is 0.107 e. The highest BCUT2D eigenvalue weighted by Crippen LogP contribution is 2.24. The Bertz CT molecular complexity index is 379. The monoisotopic (exact) mass is 232 g/mol. The van der Waals surface area contributed by atoms with Crippen molar-refractivity contribution in [3.63, 3.8) is 0 Å². The van der Waals surface area contributed by atoms with E-state index in [2.05, 4.69) is 22.5 Å². The third-order valence-corrected chi connectivity index (χ3v) is 3.67. The fourth-order valence-corrected chi connectivity index (χ4v) is 2.67. The Balaban J connectivity index is 1.61. The van der Waals surface area contributed by atoms with Gasteiger partial charge in [-0.25, -0.2) is 5.43 Å². The lowest BCUT2D eigenvalue weighted by atomic mass is 10.1.